The van der Waals surface area contributed by atoms with Crippen LogP contribution in [0.25, 0.3) is 0 Å². The molecular weight excluding hydrogens is 238 g/mol. The first-order valence-corrected chi connectivity index (χ1v) is 8.49. The lowest BCUT2D eigenvalue weighted by Crippen LogP contribution is -2.37. The molecule has 1 saturated carbocycles. The minimum atomic E-state index is -2.90. The van der Waals surface area contributed by atoms with Crippen LogP contribution < -0.4 is 0 Å². The van der Waals surface area contributed by atoms with E-state index in [1.165, 1.54) is 25.5 Å². The van der Waals surface area contributed by atoms with Crippen LogP contribution in [0.15, 0.2) is 0 Å². The zero-order valence-electron chi connectivity index (χ0n) is 10.9. The highest BCUT2D eigenvalue weighted by Crippen LogP contribution is 2.26. The zero-order valence-corrected chi connectivity index (χ0v) is 11.7. The van der Waals surface area contributed by atoms with Crippen LogP contribution in [0, 0.1) is 5.92 Å². The van der Waals surface area contributed by atoms with Crippen LogP contribution in [0.5, 0.6) is 0 Å². The Balaban J connectivity index is 2.27. The van der Waals surface area contributed by atoms with E-state index < -0.39 is 9.84 Å². The highest BCUT2D eigenvalue weighted by atomic mass is 32.2. The quantitative estimate of drug-likeness (QED) is 0.774. The molecule has 1 aliphatic carbocycles. The van der Waals surface area contributed by atoms with E-state index in [2.05, 4.69) is 0 Å². The molecule has 1 N–H and O–H groups in total. The Labute approximate surface area is 105 Å². The van der Waals surface area contributed by atoms with Gasteiger partial charge >= 0.3 is 0 Å². The minimum absolute atomic E-state index is 0.168. The van der Waals surface area contributed by atoms with Crippen LogP contribution in [0.4, 0.5) is 0 Å². The van der Waals surface area contributed by atoms with Gasteiger partial charge in [0.15, 0.2) is 0 Å². The summed E-state index contributed by atoms with van der Waals surface area (Å²) in [5, 5.41) is 10.1. The maximum Gasteiger partial charge on any atom is 0.148 e. The maximum absolute atomic E-state index is 11.0. The van der Waals surface area contributed by atoms with Gasteiger partial charge in [-0.2, -0.15) is 0 Å². The van der Waals surface area contributed by atoms with E-state index in [1.54, 1.807) is 0 Å². The van der Waals surface area contributed by atoms with Gasteiger partial charge < -0.3 is 10.0 Å². The van der Waals surface area contributed by atoms with Gasteiger partial charge in [-0.25, -0.2) is 8.42 Å². The van der Waals surface area contributed by atoms with Crippen molar-refractivity contribution in [3.63, 3.8) is 0 Å². The third-order valence-corrected chi connectivity index (χ3v) is 4.46. The summed E-state index contributed by atoms with van der Waals surface area (Å²) in [6.45, 7) is 1.09. The average molecular weight is 263 g/mol. The molecule has 0 amide bonds. The van der Waals surface area contributed by atoms with E-state index in [1.807, 2.05) is 11.9 Å². The van der Waals surface area contributed by atoms with Crippen LogP contribution >= 0.6 is 0 Å². The van der Waals surface area contributed by atoms with E-state index in [0.717, 1.165) is 12.8 Å². The van der Waals surface area contributed by atoms with Gasteiger partial charge in [-0.3, -0.25) is 0 Å². The minimum Gasteiger partial charge on any atom is -0.392 e. The van der Waals surface area contributed by atoms with Crippen molar-refractivity contribution in [1.82, 2.24) is 4.90 Å². The normalized spacial score (nSPS) is 20.7. The molecule has 17 heavy (non-hydrogen) atoms. The summed E-state index contributed by atoms with van der Waals surface area (Å²) < 4.78 is 22.1. The van der Waals surface area contributed by atoms with Crippen LogP contribution in [0.3, 0.4) is 0 Å². The number of rotatable bonds is 6. The number of nitrogens with zero attached hydrogens (tertiary/aromatic N) is 1. The molecule has 102 valence electrons. The fourth-order valence-corrected chi connectivity index (χ4v) is 3.04. The number of aliphatic hydroxyl groups is 1. The first-order valence-electron chi connectivity index (χ1n) is 6.43. The Kier molecular flexibility index (Phi) is 5.89. The predicted octanol–water partition coefficient (Wildman–Crippen LogP) is 0.904. The third-order valence-electron chi connectivity index (χ3n) is 3.54. The molecule has 0 bridgehead atoms. The average Bonchev–Trinajstić information content (AvgIpc) is 2.27. The smallest absolute Gasteiger partial charge is 0.148 e. The molecule has 0 radical (unpaired) electrons. The fourth-order valence-electron chi connectivity index (χ4n) is 2.40. The van der Waals surface area contributed by atoms with Crippen molar-refractivity contribution in [3.8, 4) is 0 Å². The SMILES string of the molecule is CN(CCS(C)(=O)=O)CC(O)C1CCCCC1. The van der Waals surface area contributed by atoms with Gasteiger partial charge in [-0.15, -0.1) is 0 Å². The molecule has 1 aliphatic rings. The topological polar surface area (TPSA) is 57.6 Å². The van der Waals surface area contributed by atoms with E-state index in [4.69, 9.17) is 0 Å². The molecule has 0 aromatic heterocycles. The zero-order chi connectivity index (χ0) is 12.9. The molecule has 0 aromatic rings. The van der Waals surface area contributed by atoms with Gasteiger partial charge in [0.25, 0.3) is 0 Å². The van der Waals surface area contributed by atoms with Crippen molar-refractivity contribution in [3.05, 3.63) is 0 Å². The second kappa shape index (κ2) is 6.71. The lowest BCUT2D eigenvalue weighted by molar-refractivity contribution is 0.0565. The molecule has 5 heteroatoms. The van der Waals surface area contributed by atoms with Gasteiger partial charge in [0.2, 0.25) is 0 Å². The Morgan fingerprint density at radius 2 is 1.88 bits per heavy atom. The van der Waals surface area contributed by atoms with Crippen molar-refractivity contribution >= 4 is 9.84 Å². The third kappa shape index (κ3) is 6.38. The van der Waals surface area contributed by atoms with E-state index >= 15 is 0 Å². The van der Waals surface area contributed by atoms with Crippen LogP contribution in [-0.4, -0.2) is 56.7 Å². The second-order valence-corrected chi connectivity index (χ2v) is 7.62. The number of hydrogen-bond acceptors (Lipinski definition) is 4. The molecule has 0 aromatic carbocycles. The Morgan fingerprint density at radius 3 is 2.41 bits per heavy atom. The van der Waals surface area contributed by atoms with Crippen LogP contribution in [0.2, 0.25) is 0 Å². The highest BCUT2D eigenvalue weighted by molar-refractivity contribution is 7.90. The molecule has 0 aliphatic heterocycles. The van der Waals surface area contributed by atoms with E-state index in [-0.39, 0.29) is 11.9 Å². The van der Waals surface area contributed by atoms with Crippen LogP contribution in [0.1, 0.15) is 32.1 Å². The Morgan fingerprint density at radius 1 is 1.29 bits per heavy atom. The number of sulfone groups is 1. The van der Waals surface area contributed by atoms with Crippen molar-refractivity contribution in [1.29, 1.82) is 0 Å². The molecule has 4 nitrogen and oxygen atoms in total. The molecule has 1 atom stereocenters. The summed E-state index contributed by atoms with van der Waals surface area (Å²) in [6.07, 6.45) is 6.89. The van der Waals surface area contributed by atoms with Crippen molar-refractivity contribution < 1.29 is 13.5 Å². The summed E-state index contributed by atoms with van der Waals surface area (Å²) in [6, 6.07) is 0. The first-order chi connectivity index (χ1) is 7.88. The number of likely N-dealkylation sites (N-methyl/N-ethyl adjacent to an activating group) is 1. The predicted molar refractivity (Wildman–Crippen MR) is 69.8 cm³/mol. The van der Waals surface area contributed by atoms with Crippen LogP contribution in [-0.2, 0) is 9.84 Å². The summed E-state index contributed by atoms with van der Waals surface area (Å²) in [5.41, 5.74) is 0. The number of hydrogen-bond donors (Lipinski definition) is 1. The highest BCUT2D eigenvalue weighted by Gasteiger charge is 2.22. The molecular formula is C12H25NO3S. The van der Waals surface area contributed by atoms with Gasteiger partial charge in [-0.1, -0.05) is 19.3 Å². The Bertz CT molecular complexity index is 310. The second-order valence-electron chi connectivity index (χ2n) is 5.36. The molecule has 0 heterocycles. The molecule has 1 rings (SSSR count). The fraction of sp³-hybridized carbons (Fsp3) is 1.00. The molecule has 1 unspecified atom stereocenters. The van der Waals surface area contributed by atoms with Crippen molar-refractivity contribution in [2.45, 2.75) is 38.2 Å². The largest absolute Gasteiger partial charge is 0.392 e. The molecule has 0 saturated heterocycles. The Hall–Kier alpha value is -0.130. The monoisotopic (exact) mass is 263 g/mol. The molecule has 1 fully saturated rings. The van der Waals surface area contributed by atoms with E-state index in [0.29, 0.717) is 19.0 Å². The maximum atomic E-state index is 11.0. The van der Waals surface area contributed by atoms with Crippen molar-refractivity contribution in [2.75, 3.05) is 32.1 Å². The van der Waals surface area contributed by atoms with Gasteiger partial charge in [0, 0.05) is 19.3 Å². The van der Waals surface area contributed by atoms with E-state index in [9.17, 15) is 13.5 Å². The first kappa shape index (κ1) is 14.9. The summed E-state index contributed by atoms with van der Waals surface area (Å²) in [4.78, 5) is 1.92. The molecule has 0 spiro atoms. The summed E-state index contributed by atoms with van der Waals surface area (Å²) in [7, 11) is -1.03. The summed E-state index contributed by atoms with van der Waals surface area (Å²) in [5.74, 6) is 0.574. The van der Waals surface area contributed by atoms with Gasteiger partial charge in [-0.05, 0) is 25.8 Å². The lowest BCUT2D eigenvalue weighted by Gasteiger charge is -2.29. The van der Waals surface area contributed by atoms with Crippen molar-refractivity contribution in [2.24, 2.45) is 5.92 Å². The number of aliphatic hydroxyl groups excluding tert-OH is 1. The van der Waals surface area contributed by atoms with Gasteiger partial charge in [0.05, 0.1) is 11.9 Å². The lowest BCUT2D eigenvalue weighted by atomic mass is 9.85. The van der Waals surface area contributed by atoms with Gasteiger partial charge in [0.1, 0.15) is 9.84 Å². The standard InChI is InChI=1S/C12H25NO3S/c1-13(8-9-17(2,15)16)10-12(14)11-6-4-3-5-7-11/h11-12,14H,3-10H2,1-2H3. The summed E-state index contributed by atoms with van der Waals surface area (Å²) >= 11 is 0.